The van der Waals surface area contributed by atoms with Crippen molar-refractivity contribution >= 4 is 11.6 Å². The fraction of sp³-hybridized carbons (Fsp3) is 0.588. The highest BCUT2D eigenvalue weighted by atomic mass is 16.5. The smallest absolute Gasteiger partial charge is 0.268 e. The van der Waals surface area contributed by atoms with Gasteiger partial charge in [0.1, 0.15) is 5.75 Å². The number of fused-ring (bicyclic) bond motifs is 1. The molecule has 1 aromatic carbocycles. The van der Waals surface area contributed by atoms with Gasteiger partial charge in [0, 0.05) is 12.1 Å². The van der Waals surface area contributed by atoms with E-state index in [0.717, 1.165) is 24.4 Å². The first-order valence-corrected chi connectivity index (χ1v) is 7.92. The molecule has 2 heterocycles. The molecule has 1 aromatic rings. The molecule has 0 aliphatic carbocycles. The zero-order valence-electron chi connectivity index (χ0n) is 13.1. The van der Waals surface area contributed by atoms with E-state index in [-0.39, 0.29) is 11.9 Å². The number of nitrogens with zero attached hydrogens (tertiary/aromatic N) is 1. The Morgan fingerprint density at radius 2 is 2.24 bits per heavy atom. The second kappa shape index (κ2) is 5.68. The van der Waals surface area contributed by atoms with E-state index in [9.17, 15) is 4.79 Å². The number of carbonyl (C=O) groups excluding carboxylic acids is 1. The van der Waals surface area contributed by atoms with Gasteiger partial charge in [-0.05, 0) is 64.3 Å². The van der Waals surface area contributed by atoms with Gasteiger partial charge in [0.05, 0.1) is 5.69 Å². The molecule has 1 amide bonds. The second-order valence-corrected chi connectivity index (χ2v) is 6.36. The highest BCUT2D eigenvalue weighted by Gasteiger charge is 2.33. The maximum Gasteiger partial charge on any atom is 0.268 e. The van der Waals surface area contributed by atoms with E-state index in [1.807, 2.05) is 31.7 Å². The summed E-state index contributed by atoms with van der Waals surface area (Å²) < 4.78 is 5.74. The summed E-state index contributed by atoms with van der Waals surface area (Å²) >= 11 is 0. The number of anilines is 1. The molecular formula is C17H24N2O2. The van der Waals surface area contributed by atoms with E-state index < -0.39 is 6.10 Å². The number of benzene rings is 1. The van der Waals surface area contributed by atoms with Gasteiger partial charge in [-0.25, -0.2) is 0 Å². The van der Waals surface area contributed by atoms with E-state index >= 15 is 0 Å². The summed E-state index contributed by atoms with van der Waals surface area (Å²) in [6, 6.07) is 6.97. The second-order valence-electron chi connectivity index (χ2n) is 6.36. The third-order valence-corrected chi connectivity index (χ3v) is 4.33. The van der Waals surface area contributed by atoms with Crippen molar-refractivity contribution in [2.45, 2.75) is 58.2 Å². The molecule has 1 N–H and O–H groups in total. The SMILES string of the molecule is CC1Oc2ccc(CC3CCCN3)cc2N(C(C)C)C1=O. The highest BCUT2D eigenvalue weighted by Crippen LogP contribution is 2.36. The first-order valence-electron chi connectivity index (χ1n) is 7.92. The molecule has 1 saturated heterocycles. The van der Waals surface area contributed by atoms with Crippen LogP contribution in [0.25, 0.3) is 0 Å². The normalized spacial score (nSPS) is 25.1. The standard InChI is InChI=1S/C17H24N2O2/c1-11(2)19-15-10-13(9-14-5-4-8-18-14)6-7-16(15)21-12(3)17(19)20/h6-7,10-12,14,18H,4-5,8-9H2,1-3H3. The summed E-state index contributed by atoms with van der Waals surface area (Å²) in [6.07, 6.45) is 3.11. The molecule has 2 aliphatic rings. The van der Waals surface area contributed by atoms with Gasteiger partial charge < -0.3 is 15.0 Å². The first-order chi connectivity index (χ1) is 10.1. The van der Waals surface area contributed by atoms with Crippen LogP contribution in [0.15, 0.2) is 18.2 Å². The number of amides is 1. The summed E-state index contributed by atoms with van der Waals surface area (Å²) in [6.45, 7) is 7.03. The maximum atomic E-state index is 12.4. The largest absolute Gasteiger partial charge is 0.479 e. The minimum Gasteiger partial charge on any atom is -0.479 e. The molecule has 0 saturated carbocycles. The first kappa shape index (κ1) is 14.4. The van der Waals surface area contributed by atoms with Crippen molar-refractivity contribution in [2.24, 2.45) is 0 Å². The Labute approximate surface area is 126 Å². The van der Waals surface area contributed by atoms with Crippen molar-refractivity contribution in [3.05, 3.63) is 23.8 Å². The number of ether oxygens (including phenoxy) is 1. The van der Waals surface area contributed by atoms with Crippen LogP contribution >= 0.6 is 0 Å². The Morgan fingerprint density at radius 3 is 2.90 bits per heavy atom. The summed E-state index contributed by atoms with van der Waals surface area (Å²) in [7, 11) is 0. The van der Waals surface area contributed by atoms with Gasteiger partial charge in [0.2, 0.25) is 0 Å². The third-order valence-electron chi connectivity index (χ3n) is 4.33. The molecular weight excluding hydrogens is 264 g/mol. The number of carbonyl (C=O) groups is 1. The monoisotopic (exact) mass is 288 g/mol. The maximum absolute atomic E-state index is 12.4. The van der Waals surface area contributed by atoms with E-state index in [2.05, 4.69) is 17.4 Å². The van der Waals surface area contributed by atoms with E-state index in [4.69, 9.17) is 4.74 Å². The molecule has 0 bridgehead atoms. The van der Waals surface area contributed by atoms with Crippen LogP contribution in [0, 0.1) is 0 Å². The Bertz CT molecular complexity index is 536. The predicted molar refractivity (Wildman–Crippen MR) is 83.9 cm³/mol. The van der Waals surface area contributed by atoms with Crippen LogP contribution in [0.3, 0.4) is 0 Å². The van der Waals surface area contributed by atoms with Crippen LogP contribution in [0.1, 0.15) is 39.2 Å². The van der Waals surface area contributed by atoms with Gasteiger partial charge in [-0.15, -0.1) is 0 Å². The molecule has 0 radical (unpaired) electrons. The van der Waals surface area contributed by atoms with Crippen molar-refractivity contribution < 1.29 is 9.53 Å². The van der Waals surface area contributed by atoms with Gasteiger partial charge in [0.15, 0.2) is 6.10 Å². The molecule has 114 valence electrons. The Hall–Kier alpha value is -1.55. The lowest BCUT2D eigenvalue weighted by Gasteiger charge is -2.36. The molecule has 2 unspecified atom stereocenters. The van der Waals surface area contributed by atoms with E-state index in [1.165, 1.54) is 18.4 Å². The lowest BCUT2D eigenvalue weighted by atomic mass is 10.0. The highest BCUT2D eigenvalue weighted by molar-refractivity contribution is 6.00. The lowest BCUT2D eigenvalue weighted by molar-refractivity contribution is -0.125. The fourth-order valence-electron chi connectivity index (χ4n) is 3.28. The van der Waals surface area contributed by atoms with Crippen molar-refractivity contribution in [3.8, 4) is 5.75 Å². The van der Waals surface area contributed by atoms with Crippen LogP contribution in [0.5, 0.6) is 5.75 Å². The van der Waals surface area contributed by atoms with Crippen LogP contribution < -0.4 is 15.0 Å². The van der Waals surface area contributed by atoms with Gasteiger partial charge in [-0.3, -0.25) is 4.79 Å². The average Bonchev–Trinajstić information content (AvgIpc) is 2.93. The fourth-order valence-corrected chi connectivity index (χ4v) is 3.28. The lowest BCUT2D eigenvalue weighted by Crippen LogP contribution is -2.47. The molecule has 2 aliphatic heterocycles. The van der Waals surface area contributed by atoms with Crippen molar-refractivity contribution in [3.63, 3.8) is 0 Å². The van der Waals surface area contributed by atoms with Crippen molar-refractivity contribution in [1.29, 1.82) is 0 Å². The quantitative estimate of drug-likeness (QED) is 0.929. The molecule has 3 rings (SSSR count). The van der Waals surface area contributed by atoms with Crippen molar-refractivity contribution in [2.75, 3.05) is 11.4 Å². The molecule has 0 aromatic heterocycles. The predicted octanol–water partition coefficient (Wildman–Crippen LogP) is 2.50. The Kier molecular flexibility index (Phi) is 3.89. The van der Waals surface area contributed by atoms with Crippen LogP contribution in [-0.4, -0.2) is 30.6 Å². The Morgan fingerprint density at radius 1 is 1.43 bits per heavy atom. The van der Waals surface area contributed by atoms with Crippen LogP contribution in [-0.2, 0) is 11.2 Å². The number of rotatable bonds is 3. The van der Waals surface area contributed by atoms with E-state index in [1.54, 1.807) is 0 Å². The molecule has 21 heavy (non-hydrogen) atoms. The van der Waals surface area contributed by atoms with Crippen LogP contribution in [0.2, 0.25) is 0 Å². The molecule has 1 fully saturated rings. The summed E-state index contributed by atoms with van der Waals surface area (Å²) in [5.41, 5.74) is 2.19. The summed E-state index contributed by atoms with van der Waals surface area (Å²) in [5.74, 6) is 0.868. The van der Waals surface area contributed by atoms with Gasteiger partial charge in [-0.2, -0.15) is 0 Å². The zero-order chi connectivity index (χ0) is 15.0. The van der Waals surface area contributed by atoms with Gasteiger partial charge >= 0.3 is 0 Å². The van der Waals surface area contributed by atoms with Crippen molar-refractivity contribution in [1.82, 2.24) is 5.32 Å². The summed E-state index contributed by atoms with van der Waals surface area (Å²) in [4.78, 5) is 14.2. The molecule has 4 heteroatoms. The van der Waals surface area contributed by atoms with Gasteiger partial charge in [-0.1, -0.05) is 6.07 Å². The van der Waals surface area contributed by atoms with Crippen LogP contribution in [0.4, 0.5) is 5.69 Å². The average molecular weight is 288 g/mol. The number of hydrogen-bond donors (Lipinski definition) is 1. The zero-order valence-corrected chi connectivity index (χ0v) is 13.1. The molecule has 4 nitrogen and oxygen atoms in total. The van der Waals surface area contributed by atoms with E-state index in [0.29, 0.717) is 6.04 Å². The number of nitrogens with one attached hydrogen (secondary N) is 1. The van der Waals surface area contributed by atoms with Gasteiger partial charge in [0.25, 0.3) is 5.91 Å². The number of hydrogen-bond acceptors (Lipinski definition) is 3. The minimum absolute atomic E-state index is 0.0497. The topological polar surface area (TPSA) is 41.6 Å². The third kappa shape index (κ3) is 2.77. The Balaban J connectivity index is 1.90. The summed E-state index contributed by atoms with van der Waals surface area (Å²) in [5, 5.41) is 3.52. The molecule has 2 atom stereocenters. The minimum atomic E-state index is -0.401. The molecule has 0 spiro atoms.